The molecule has 0 fully saturated rings. The average Bonchev–Trinajstić information content (AvgIpc) is 2.86. The van der Waals surface area contributed by atoms with Gasteiger partial charge in [0.1, 0.15) is 22.1 Å². The fourth-order valence-electron chi connectivity index (χ4n) is 3.11. The van der Waals surface area contributed by atoms with Crippen molar-refractivity contribution in [3.63, 3.8) is 0 Å². The number of amides is 1. The lowest BCUT2D eigenvalue weighted by atomic mass is 10.3. The second-order valence-corrected chi connectivity index (χ2v) is 8.28. The van der Waals surface area contributed by atoms with Crippen LogP contribution in [-0.4, -0.2) is 44.7 Å². The molecular formula is C24H26N4O6S. The number of hydrogen-bond acceptors (Lipinski definition) is 8. The van der Waals surface area contributed by atoms with Gasteiger partial charge in [0.25, 0.3) is 5.56 Å². The lowest BCUT2D eigenvalue weighted by Gasteiger charge is -2.13. The molecule has 184 valence electrons. The summed E-state index contributed by atoms with van der Waals surface area (Å²) in [6, 6.07) is 13.7. The van der Waals surface area contributed by atoms with Gasteiger partial charge in [-0.3, -0.25) is 18.7 Å². The fraction of sp³-hybridized carbons (Fsp3) is 0.250. The minimum Gasteiger partial charge on any atom is -0.497 e. The van der Waals surface area contributed by atoms with E-state index in [4.69, 9.17) is 9.47 Å². The predicted octanol–water partition coefficient (Wildman–Crippen LogP) is 2.65. The van der Waals surface area contributed by atoms with Crippen LogP contribution in [0.2, 0.25) is 0 Å². The Balaban J connectivity index is 1.95. The SMILES string of the molecule is CCOc1ccc(N=C(SCC(=O)Nc2cccc(OC)c2)c2c(O)n(C)c(=O)n(C)c2=O)cc1. The third-order valence-electron chi connectivity index (χ3n) is 4.92. The third kappa shape index (κ3) is 6.12. The molecule has 10 nitrogen and oxygen atoms in total. The molecule has 0 saturated heterocycles. The van der Waals surface area contributed by atoms with Crippen molar-refractivity contribution in [2.24, 2.45) is 19.1 Å². The highest BCUT2D eigenvalue weighted by molar-refractivity contribution is 8.15. The van der Waals surface area contributed by atoms with E-state index in [0.29, 0.717) is 29.5 Å². The molecule has 35 heavy (non-hydrogen) atoms. The zero-order valence-corrected chi connectivity index (χ0v) is 20.6. The topological polar surface area (TPSA) is 124 Å². The van der Waals surface area contributed by atoms with Crippen LogP contribution < -0.4 is 26.0 Å². The molecule has 0 atom stereocenters. The Kier molecular flexibility index (Phi) is 8.37. The molecular weight excluding hydrogens is 472 g/mol. The number of nitrogens with zero attached hydrogens (tertiary/aromatic N) is 3. The number of benzene rings is 2. The molecule has 0 saturated carbocycles. The summed E-state index contributed by atoms with van der Waals surface area (Å²) in [6.45, 7) is 2.38. The maximum Gasteiger partial charge on any atom is 0.333 e. The van der Waals surface area contributed by atoms with E-state index in [1.165, 1.54) is 21.2 Å². The molecule has 2 aromatic carbocycles. The van der Waals surface area contributed by atoms with Crippen molar-refractivity contribution in [3.05, 3.63) is 74.9 Å². The van der Waals surface area contributed by atoms with Gasteiger partial charge in [0.15, 0.2) is 0 Å². The molecule has 0 spiro atoms. The maximum absolute atomic E-state index is 12.9. The average molecular weight is 499 g/mol. The number of carbonyl (C=O) groups is 1. The molecule has 0 aliphatic rings. The van der Waals surface area contributed by atoms with E-state index < -0.39 is 17.1 Å². The lowest BCUT2D eigenvalue weighted by molar-refractivity contribution is -0.113. The first-order valence-electron chi connectivity index (χ1n) is 10.6. The number of aromatic nitrogens is 2. The summed E-state index contributed by atoms with van der Waals surface area (Å²) in [4.78, 5) is 42.2. The second-order valence-electron chi connectivity index (χ2n) is 7.32. The second kappa shape index (κ2) is 11.4. The monoisotopic (exact) mass is 498 g/mol. The molecule has 1 heterocycles. The highest BCUT2D eigenvalue weighted by Gasteiger charge is 2.22. The van der Waals surface area contributed by atoms with Gasteiger partial charge < -0.3 is 19.9 Å². The first-order chi connectivity index (χ1) is 16.7. The number of nitrogens with one attached hydrogen (secondary N) is 1. The number of anilines is 1. The Labute approximate surface area is 205 Å². The van der Waals surface area contributed by atoms with Crippen molar-refractivity contribution >= 4 is 34.1 Å². The number of rotatable bonds is 8. The van der Waals surface area contributed by atoms with E-state index in [1.54, 1.807) is 48.5 Å². The molecule has 1 amide bonds. The number of aromatic hydroxyl groups is 1. The number of hydrogen-bond donors (Lipinski definition) is 2. The summed E-state index contributed by atoms with van der Waals surface area (Å²) in [6.07, 6.45) is 0. The molecule has 0 aliphatic carbocycles. The fourth-order valence-corrected chi connectivity index (χ4v) is 3.95. The van der Waals surface area contributed by atoms with E-state index in [-0.39, 0.29) is 22.3 Å². The van der Waals surface area contributed by atoms with Crippen LogP contribution in [0.3, 0.4) is 0 Å². The molecule has 11 heteroatoms. The Bertz CT molecular complexity index is 1360. The van der Waals surface area contributed by atoms with Gasteiger partial charge in [-0.2, -0.15) is 0 Å². The predicted molar refractivity (Wildman–Crippen MR) is 136 cm³/mol. The Morgan fingerprint density at radius 2 is 1.80 bits per heavy atom. The van der Waals surface area contributed by atoms with Crippen LogP contribution in [0, 0.1) is 0 Å². The molecule has 1 aromatic heterocycles. The molecule has 0 unspecified atom stereocenters. The molecule has 0 radical (unpaired) electrons. The molecule has 0 aliphatic heterocycles. The number of carbonyl (C=O) groups excluding carboxylic acids is 1. The van der Waals surface area contributed by atoms with Crippen molar-refractivity contribution in [1.82, 2.24) is 9.13 Å². The largest absolute Gasteiger partial charge is 0.497 e. The molecule has 2 N–H and O–H groups in total. The van der Waals surface area contributed by atoms with Crippen LogP contribution in [0.5, 0.6) is 17.4 Å². The molecule has 3 rings (SSSR count). The molecule has 0 bridgehead atoms. The number of aliphatic imine (C=N–C) groups is 1. The highest BCUT2D eigenvalue weighted by atomic mass is 32.2. The zero-order valence-electron chi connectivity index (χ0n) is 19.8. The summed E-state index contributed by atoms with van der Waals surface area (Å²) in [7, 11) is 4.18. The zero-order chi connectivity index (χ0) is 25.5. The van der Waals surface area contributed by atoms with E-state index in [0.717, 1.165) is 20.9 Å². The maximum atomic E-state index is 12.9. The number of thioether (sulfide) groups is 1. The number of methoxy groups -OCH3 is 1. The lowest BCUT2D eigenvalue weighted by Crippen LogP contribution is -2.39. The van der Waals surface area contributed by atoms with Crippen molar-refractivity contribution in [1.29, 1.82) is 0 Å². The Hall–Kier alpha value is -3.99. The first-order valence-corrected chi connectivity index (χ1v) is 11.6. The van der Waals surface area contributed by atoms with Crippen LogP contribution in [0.25, 0.3) is 0 Å². The van der Waals surface area contributed by atoms with Crippen molar-refractivity contribution in [2.75, 3.05) is 24.8 Å². The van der Waals surface area contributed by atoms with Crippen molar-refractivity contribution < 1.29 is 19.4 Å². The smallest absolute Gasteiger partial charge is 0.333 e. The minimum atomic E-state index is -0.726. The highest BCUT2D eigenvalue weighted by Crippen LogP contribution is 2.25. The quantitative estimate of drug-likeness (QED) is 0.361. The summed E-state index contributed by atoms with van der Waals surface area (Å²) in [5, 5.41) is 13.5. The standard InChI is InChI=1S/C24H26N4O6S/c1-5-34-17-11-9-15(10-12-17)26-21(20-22(30)27(2)24(32)28(3)23(20)31)35-14-19(29)25-16-7-6-8-18(13-16)33-4/h6-13,30H,5,14H2,1-4H3,(H,25,29). The van der Waals surface area contributed by atoms with Crippen LogP contribution in [-0.2, 0) is 18.9 Å². The molecule has 3 aromatic rings. The van der Waals surface area contributed by atoms with E-state index in [9.17, 15) is 19.5 Å². The van der Waals surface area contributed by atoms with E-state index in [1.807, 2.05) is 6.92 Å². The Morgan fingerprint density at radius 1 is 1.09 bits per heavy atom. The summed E-state index contributed by atoms with van der Waals surface area (Å²) >= 11 is 0.960. The van der Waals surface area contributed by atoms with Gasteiger partial charge in [0.2, 0.25) is 11.8 Å². The van der Waals surface area contributed by atoms with Crippen molar-refractivity contribution in [3.8, 4) is 17.4 Å². The number of ether oxygens (including phenoxy) is 2. The summed E-state index contributed by atoms with van der Waals surface area (Å²) in [5.74, 6) is 0.233. The first kappa shape index (κ1) is 25.6. The normalized spacial score (nSPS) is 11.3. The van der Waals surface area contributed by atoms with Gasteiger partial charge in [0, 0.05) is 25.8 Å². The van der Waals surface area contributed by atoms with E-state index >= 15 is 0 Å². The summed E-state index contributed by atoms with van der Waals surface area (Å²) < 4.78 is 12.4. The third-order valence-corrected chi connectivity index (χ3v) is 5.89. The van der Waals surface area contributed by atoms with Crippen LogP contribution in [0.1, 0.15) is 12.5 Å². The van der Waals surface area contributed by atoms with Crippen molar-refractivity contribution in [2.45, 2.75) is 6.92 Å². The van der Waals surface area contributed by atoms with Crippen LogP contribution in [0.4, 0.5) is 11.4 Å². The van der Waals surface area contributed by atoms with Gasteiger partial charge in [0.05, 0.1) is 25.2 Å². The van der Waals surface area contributed by atoms with Gasteiger partial charge in [-0.25, -0.2) is 9.79 Å². The summed E-state index contributed by atoms with van der Waals surface area (Å²) in [5.41, 5.74) is -0.573. The van der Waals surface area contributed by atoms with Crippen LogP contribution in [0.15, 0.2) is 63.1 Å². The van der Waals surface area contributed by atoms with Gasteiger partial charge in [-0.05, 0) is 43.3 Å². The van der Waals surface area contributed by atoms with Gasteiger partial charge >= 0.3 is 5.69 Å². The Morgan fingerprint density at radius 3 is 2.46 bits per heavy atom. The van der Waals surface area contributed by atoms with Gasteiger partial charge in [-0.1, -0.05) is 17.8 Å². The van der Waals surface area contributed by atoms with Gasteiger partial charge in [-0.15, -0.1) is 0 Å². The minimum absolute atomic E-state index is 0.0867. The van der Waals surface area contributed by atoms with E-state index in [2.05, 4.69) is 10.3 Å². The van der Waals surface area contributed by atoms with Crippen LogP contribution >= 0.6 is 11.8 Å².